The third-order valence-corrected chi connectivity index (χ3v) is 4.99. The van der Waals surface area contributed by atoms with Gasteiger partial charge in [0.15, 0.2) is 0 Å². The van der Waals surface area contributed by atoms with E-state index in [0.717, 1.165) is 17.8 Å². The topological polar surface area (TPSA) is 82.9 Å². The lowest BCUT2D eigenvalue weighted by molar-refractivity contribution is -0.143. The molecule has 7 heteroatoms. The molecule has 0 aromatic heterocycles. The molecule has 0 aliphatic carbocycles. The Bertz CT molecular complexity index is 869. The van der Waals surface area contributed by atoms with Crippen molar-refractivity contribution in [1.82, 2.24) is 9.80 Å². The summed E-state index contributed by atoms with van der Waals surface area (Å²) in [7, 11) is 0. The van der Waals surface area contributed by atoms with Gasteiger partial charge in [0.2, 0.25) is 5.91 Å². The van der Waals surface area contributed by atoms with Crippen LogP contribution < -0.4 is 4.74 Å². The lowest BCUT2D eigenvalue weighted by Crippen LogP contribution is -2.50. The van der Waals surface area contributed by atoms with Gasteiger partial charge >= 0.3 is 5.97 Å². The number of piperazine rings is 1. The second-order valence-corrected chi connectivity index (χ2v) is 7.79. The Morgan fingerprint density at radius 3 is 2.83 bits per heavy atom. The number of fused-ring (bicyclic) bond motifs is 1. The average Bonchev–Trinajstić information content (AvgIpc) is 2.67. The fraction of sp³-hybridized carbons (Fsp3) is 0.500. The summed E-state index contributed by atoms with van der Waals surface area (Å²) < 4.78 is 11.0. The summed E-state index contributed by atoms with van der Waals surface area (Å²) in [6.45, 7) is 8.33. The number of hydrogen-bond donors (Lipinski definition) is 0. The summed E-state index contributed by atoms with van der Waals surface area (Å²) in [6, 6.07) is 7.44. The number of esters is 1. The van der Waals surface area contributed by atoms with Gasteiger partial charge in [0.25, 0.3) is 0 Å². The number of nitrogens with zero attached hydrogens (tertiary/aromatic N) is 3. The smallest absolute Gasteiger partial charge is 0.305 e. The number of carbonyl (C=O) groups is 2. The minimum Gasteiger partial charge on any atom is -0.483 e. The zero-order valence-electron chi connectivity index (χ0n) is 17.2. The minimum absolute atomic E-state index is 0.00430. The molecule has 0 bridgehead atoms. The molecule has 0 radical (unpaired) electrons. The van der Waals surface area contributed by atoms with Crippen LogP contribution in [0.2, 0.25) is 0 Å². The molecule has 1 aromatic carbocycles. The van der Waals surface area contributed by atoms with Crippen molar-refractivity contribution in [3.63, 3.8) is 0 Å². The largest absolute Gasteiger partial charge is 0.483 e. The molecule has 3 rings (SSSR count). The highest BCUT2D eigenvalue weighted by Crippen LogP contribution is 2.38. The van der Waals surface area contributed by atoms with Gasteiger partial charge in [-0.05, 0) is 58.0 Å². The Hall–Kier alpha value is -2.85. The van der Waals surface area contributed by atoms with E-state index in [1.54, 1.807) is 30.0 Å². The summed E-state index contributed by atoms with van der Waals surface area (Å²) in [4.78, 5) is 28.3. The first-order valence-corrected chi connectivity index (χ1v) is 9.97. The summed E-state index contributed by atoms with van der Waals surface area (Å²) >= 11 is 0. The van der Waals surface area contributed by atoms with Gasteiger partial charge in [0, 0.05) is 25.1 Å². The summed E-state index contributed by atoms with van der Waals surface area (Å²) in [5.74, 6) is 0.484. The Kier molecular flexibility index (Phi) is 6.23. The molecule has 1 amide bonds. The van der Waals surface area contributed by atoms with Gasteiger partial charge in [-0.25, -0.2) is 0 Å². The molecule has 29 heavy (non-hydrogen) atoms. The van der Waals surface area contributed by atoms with Crippen LogP contribution in [0.15, 0.2) is 24.3 Å². The zero-order chi connectivity index (χ0) is 21.0. The van der Waals surface area contributed by atoms with Crippen LogP contribution in [0.4, 0.5) is 0 Å². The van der Waals surface area contributed by atoms with Gasteiger partial charge in [-0.15, -0.1) is 0 Å². The highest BCUT2D eigenvalue weighted by atomic mass is 16.5. The van der Waals surface area contributed by atoms with Crippen molar-refractivity contribution in [2.75, 3.05) is 32.8 Å². The molecule has 2 heterocycles. The molecule has 1 saturated heterocycles. The van der Waals surface area contributed by atoms with Crippen LogP contribution in [0.5, 0.6) is 5.75 Å². The van der Waals surface area contributed by atoms with Crippen LogP contribution in [0.3, 0.4) is 0 Å². The molecule has 0 atom stereocenters. The predicted molar refractivity (Wildman–Crippen MR) is 108 cm³/mol. The lowest BCUT2D eigenvalue weighted by Gasteiger charge is -2.39. The fourth-order valence-electron chi connectivity index (χ4n) is 3.68. The molecule has 0 spiro atoms. The van der Waals surface area contributed by atoms with Gasteiger partial charge in [-0.3, -0.25) is 14.5 Å². The van der Waals surface area contributed by atoms with E-state index in [0.29, 0.717) is 50.4 Å². The first-order chi connectivity index (χ1) is 13.8. The second kappa shape index (κ2) is 8.66. The molecule has 0 saturated carbocycles. The minimum atomic E-state index is -0.548. The number of nitriles is 1. The SMILES string of the molecule is CCOC(=O)CCCN1CCN(C2=CC(C)(C)Oc3ccc(C#N)cc32)C(=O)C1. The maximum absolute atomic E-state index is 12.9. The number of rotatable bonds is 6. The van der Waals surface area contributed by atoms with E-state index >= 15 is 0 Å². The number of ether oxygens (including phenoxy) is 2. The van der Waals surface area contributed by atoms with Crippen molar-refractivity contribution in [3.05, 3.63) is 35.4 Å². The fourth-order valence-corrected chi connectivity index (χ4v) is 3.68. The molecule has 1 fully saturated rings. The molecule has 2 aliphatic heterocycles. The van der Waals surface area contributed by atoms with E-state index in [1.165, 1.54) is 0 Å². The van der Waals surface area contributed by atoms with E-state index in [9.17, 15) is 14.9 Å². The molecule has 7 nitrogen and oxygen atoms in total. The van der Waals surface area contributed by atoms with Crippen molar-refractivity contribution >= 4 is 17.6 Å². The zero-order valence-corrected chi connectivity index (χ0v) is 17.2. The first-order valence-electron chi connectivity index (χ1n) is 9.97. The standard InChI is InChI=1S/C22H27N3O4/c1-4-28-21(27)6-5-9-24-10-11-25(20(26)15-24)18-13-22(2,3)29-19-8-7-16(14-23)12-17(18)19/h7-8,12-13H,4-6,9-11,15H2,1-3H3. The van der Waals surface area contributed by atoms with Crippen LogP contribution in [-0.4, -0.2) is 60.1 Å². The van der Waals surface area contributed by atoms with Crippen LogP contribution >= 0.6 is 0 Å². The van der Waals surface area contributed by atoms with Crippen LogP contribution in [0.1, 0.15) is 44.7 Å². The van der Waals surface area contributed by atoms with Crippen molar-refractivity contribution in [3.8, 4) is 11.8 Å². The number of amides is 1. The van der Waals surface area contributed by atoms with E-state index in [4.69, 9.17) is 9.47 Å². The molecule has 1 aromatic rings. The Balaban J connectivity index is 1.70. The quantitative estimate of drug-likeness (QED) is 0.686. The molecule has 0 N–H and O–H groups in total. The average molecular weight is 397 g/mol. The number of hydrogen-bond acceptors (Lipinski definition) is 6. The Morgan fingerprint density at radius 2 is 2.14 bits per heavy atom. The second-order valence-electron chi connectivity index (χ2n) is 7.79. The van der Waals surface area contributed by atoms with Crippen LogP contribution in [-0.2, 0) is 14.3 Å². The normalized spacial score (nSPS) is 18.3. The first kappa shape index (κ1) is 20.9. The Morgan fingerprint density at radius 1 is 1.34 bits per heavy atom. The van der Waals surface area contributed by atoms with Crippen molar-refractivity contribution in [2.24, 2.45) is 0 Å². The van der Waals surface area contributed by atoms with Gasteiger partial charge in [0.05, 0.1) is 30.5 Å². The lowest BCUT2D eigenvalue weighted by atomic mass is 9.96. The maximum atomic E-state index is 12.9. The summed E-state index contributed by atoms with van der Waals surface area (Å²) in [5.41, 5.74) is 1.55. The van der Waals surface area contributed by atoms with Crippen molar-refractivity contribution < 1.29 is 19.1 Å². The number of carbonyl (C=O) groups excluding carboxylic acids is 2. The third kappa shape index (κ3) is 4.96. The molecular formula is C22H27N3O4. The molecule has 2 aliphatic rings. The van der Waals surface area contributed by atoms with Gasteiger partial charge in [0.1, 0.15) is 11.4 Å². The van der Waals surface area contributed by atoms with E-state index < -0.39 is 5.60 Å². The van der Waals surface area contributed by atoms with E-state index in [1.807, 2.05) is 19.9 Å². The summed E-state index contributed by atoms with van der Waals surface area (Å²) in [5, 5.41) is 9.25. The Labute approximate surface area is 171 Å². The number of benzene rings is 1. The highest BCUT2D eigenvalue weighted by Gasteiger charge is 2.34. The molecular weight excluding hydrogens is 370 g/mol. The molecule has 0 unspecified atom stereocenters. The van der Waals surface area contributed by atoms with Crippen LogP contribution in [0.25, 0.3) is 5.70 Å². The van der Waals surface area contributed by atoms with Crippen molar-refractivity contribution in [1.29, 1.82) is 5.26 Å². The monoisotopic (exact) mass is 397 g/mol. The van der Waals surface area contributed by atoms with Gasteiger partial charge in [-0.1, -0.05) is 0 Å². The van der Waals surface area contributed by atoms with E-state index in [-0.39, 0.29) is 11.9 Å². The molecule has 154 valence electrons. The summed E-state index contributed by atoms with van der Waals surface area (Å²) in [6.07, 6.45) is 2.98. The van der Waals surface area contributed by atoms with Crippen LogP contribution in [0, 0.1) is 11.3 Å². The van der Waals surface area contributed by atoms with E-state index in [2.05, 4.69) is 11.0 Å². The van der Waals surface area contributed by atoms with Crippen molar-refractivity contribution in [2.45, 2.75) is 39.2 Å². The third-order valence-electron chi connectivity index (χ3n) is 4.99. The highest BCUT2D eigenvalue weighted by molar-refractivity contribution is 5.90. The van der Waals surface area contributed by atoms with Gasteiger partial charge in [-0.2, -0.15) is 5.26 Å². The van der Waals surface area contributed by atoms with Gasteiger partial charge < -0.3 is 14.4 Å². The maximum Gasteiger partial charge on any atom is 0.305 e. The predicted octanol–water partition coefficient (Wildman–Crippen LogP) is 2.56.